The van der Waals surface area contributed by atoms with Crippen molar-refractivity contribution in [3.8, 4) is 5.75 Å². The first-order valence-corrected chi connectivity index (χ1v) is 7.61. The summed E-state index contributed by atoms with van der Waals surface area (Å²) in [5, 5.41) is 7.11. The summed E-state index contributed by atoms with van der Waals surface area (Å²) in [5.41, 5.74) is 4.78. The lowest BCUT2D eigenvalue weighted by Crippen LogP contribution is -2.27. The largest absolute Gasteiger partial charge is 0.497 e. The Labute approximate surface area is 140 Å². The number of methoxy groups -OCH3 is 1. The van der Waals surface area contributed by atoms with Crippen LogP contribution in [-0.2, 0) is 4.79 Å². The lowest BCUT2D eigenvalue weighted by molar-refractivity contribution is -0.119. The molecule has 0 saturated carbocycles. The second-order valence-corrected chi connectivity index (χ2v) is 5.04. The number of rotatable bonds is 7. The van der Waals surface area contributed by atoms with E-state index < -0.39 is 0 Å². The van der Waals surface area contributed by atoms with Crippen LogP contribution in [0, 0.1) is 5.82 Å². The summed E-state index contributed by atoms with van der Waals surface area (Å²) in [4.78, 5) is 11.9. The number of hydrazone groups is 1. The monoisotopic (exact) mass is 329 g/mol. The molecule has 24 heavy (non-hydrogen) atoms. The molecule has 2 rings (SSSR count). The molecule has 0 unspecified atom stereocenters. The predicted octanol–water partition coefficient (Wildman–Crippen LogP) is 3.18. The number of anilines is 1. The normalized spacial score (nSPS) is 11.0. The molecule has 0 spiro atoms. The van der Waals surface area contributed by atoms with Crippen molar-refractivity contribution < 1.29 is 13.9 Å². The average Bonchev–Trinajstić information content (AvgIpc) is 2.62. The number of nitrogens with one attached hydrogen (secondary N) is 2. The molecule has 0 aliphatic rings. The van der Waals surface area contributed by atoms with Gasteiger partial charge in [-0.05, 0) is 48.4 Å². The molecule has 126 valence electrons. The topological polar surface area (TPSA) is 62.7 Å². The van der Waals surface area contributed by atoms with E-state index in [0.717, 1.165) is 17.0 Å². The summed E-state index contributed by atoms with van der Waals surface area (Å²) in [6.45, 7) is 2.01. The third kappa shape index (κ3) is 5.08. The van der Waals surface area contributed by atoms with Crippen LogP contribution in [0.25, 0.3) is 0 Å². The molecule has 1 amide bonds. The smallest absolute Gasteiger partial charge is 0.259 e. The molecule has 5 nitrogen and oxygen atoms in total. The van der Waals surface area contributed by atoms with Crippen LogP contribution in [0.15, 0.2) is 53.6 Å². The second-order valence-electron chi connectivity index (χ2n) is 5.04. The van der Waals surface area contributed by atoms with Gasteiger partial charge in [-0.15, -0.1) is 0 Å². The molecule has 0 aliphatic heterocycles. The van der Waals surface area contributed by atoms with Crippen molar-refractivity contribution in [1.82, 2.24) is 5.43 Å². The van der Waals surface area contributed by atoms with Crippen LogP contribution in [-0.4, -0.2) is 25.3 Å². The number of hydrogen-bond acceptors (Lipinski definition) is 4. The lowest BCUT2D eigenvalue weighted by Gasteiger charge is -2.08. The van der Waals surface area contributed by atoms with Gasteiger partial charge in [0.25, 0.3) is 5.91 Å². The summed E-state index contributed by atoms with van der Waals surface area (Å²) in [7, 11) is 1.60. The molecule has 0 heterocycles. The average molecular weight is 329 g/mol. The first kappa shape index (κ1) is 17.5. The molecule has 0 atom stereocenters. The Hall–Kier alpha value is -2.89. The molecule has 0 saturated heterocycles. The summed E-state index contributed by atoms with van der Waals surface area (Å²) < 4.78 is 18.0. The minimum absolute atomic E-state index is 0.0935. The zero-order valence-corrected chi connectivity index (χ0v) is 13.7. The number of amides is 1. The van der Waals surface area contributed by atoms with Gasteiger partial charge in [0.15, 0.2) is 0 Å². The Bertz CT molecular complexity index is 697. The number of ether oxygens (including phenoxy) is 1. The molecular weight excluding hydrogens is 309 g/mol. The second kappa shape index (κ2) is 8.67. The highest BCUT2D eigenvalue weighted by Crippen LogP contribution is 2.14. The van der Waals surface area contributed by atoms with E-state index in [9.17, 15) is 9.18 Å². The number of benzene rings is 2. The van der Waals surface area contributed by atoms with Gasteiger partial charge < -0.3 is 10.1 Å². The van der Waals surface area contributed by atoms with Gasteiger partial charge in [0, 0.05) is 5.69 Å². The Kier molecular flexibility index (Phi) is 6.31. The highest BCUT2D eigenvalue weighted by Gasteiger charge is 2.04. The number of carbonyl (C=O) groups is 1. The summed E-state index contributed by atoms with van der Waals surface area (Å²) in [6.07, 6.45) is 0.623. The van der Waals surface area contributed by atoms with E-state index >= 15 is 0 Å². The first-order valence-electron chi connectivity index (χ1n) is 7.61. The molecule has 2 N–H and O–H groups in total. The summed E-state index contributed by atoms with van der Waals surface area (Å²) in [5.74, 6) is 0.183. The van der Waals surface area contributed by atoms with Crippen LogP contribution in [0.5, 0.6) is 5.75 Å². The third-order valence-electron chi connectivity index (χ3n) is 3.37. The van der Waals surface area contributed by atoms with Gasteiger partial charge in [-0.3, -0.25) is 4.79 Å². The van der Waals surface area contributed by atoms with Gasteiger partial charge in [-0.25, -0.2) is 9.82 Å². The minimum atomic E-state index is -0.304. The van der Waals surface area contributed by atoms with Gasteiger partial charge in [-0.2, -0.15) is 5.10 Å². The first-order chi connectivity index (χ1) is 11.6. The third-order valence-corrected chi connectivity index (χ3v) is 3.37. The Morgan fingerprint density at radius 3 is 2.38 bits per heavy atom. The van der Waals surface area contributed by atoms with Crippen molar-refractivity contribution in [2.75, 3.05) is 19.0 Å². The van der Waals surface area contributed by atoms with E-state index in [1.54, 1.807) is 19.2 Å². The molecule has 6 heteroatoms. The quantitative estimate of drug-likeness (QED) is 0.606. The summed E-state index contributed by atoms with van der Waals surface area (Å²) >= 11 is 0. The van der Waals surface area contributed by atoms with E-state index in [-0.39, 0.29) is 18.3 Å². The maximum Gasteiger partial charge on any atom is 0.259 e. The number of hydrogen-bond donors (Lipinski definition) is 2. The van der Waals surface area contributed by atoms with E-state index in [0.29, 0.717) is 12.1 Å². The van der Waals surface area contributed by atoms with Crippen LogP contribution in [0.1, 0.15) is 18.9 Å². The van der Waals surface area contributed by atoms with Crippen LogP contribution < -0.4 is 15.5 Å². The zero-order chi connectivity index (χ0) is 17.4. The minimum Gasteiger partial charge on any atom is -0.497 e. The number of carbonyl (C=O) groups excluding carboxylic acids is 1. The van der Waals surface area contributed by atoms with E-state index in [1.165, 1.54) is 12.1 Å². The van der Waals surface area contributed by atoms with Crippen molar-refractivity contribution in [3.05, 3.63) is 59.9 Å². The molecule has 0 fully saturated rings. The van der Waals surface area contributed by atoms with E-state index in [4.69, 9.17) is 4.74 Å². The fraction of sp³-hybridized carbons (Fsp3) is 0.222. The summed E-state index contributed by atoms with van der Waals surface area (Å²) in [6, 6.07) is 13.3. The Balaban J connectivity index is 1.89. The van der Waals surface area contributed by atoms with Gasteiger partial charge in [0.1, 0.15) is 11.6 Å². The number of halogens is 1. The van der Waals surface area contributed by atoms with Crippen molar-refractivity contribution in [2.45, 2.75) is 13.3 Å². The zero-order valence-electron chi connectivity index (χ0n) is 13.7. The SMILES string of the molecule is CC/C(=N/NC(=O)CNc1ccc(OC)cc1)c1ccc(F)cc1. The van der Waals surface area contributed by atoms with Crippen LogP contribution in [0.3, 0.4) is 0 Å². The van der Waals surface area contributed by atoms with Crippen molar-refractivity contribution in [2.24, 2.45) is 5.10 Å². The van der Waals surface area contributed by atoms with Gasteiger partial charge >= 0.3 is 0 Å². The molecular formula is C18H20FN3O2. The predicted molar refractivity (Wildman–Crippen MR) is 92.9 cm³/mol. The van der Waals surface area contributed by atoms with Crippen LogP contribution in [0.4, 0.5) is 10.1 Å². The fourth-order valence-electron chi connectivity index (χ4n) is 2.05. The maximum absolute atomic E-state index is 13.0. The van der Waals surface area contributed by atoms with Gasteiger partial charge in [0.2, 0.25) is 0 Å². The molecule has 2 aromatic rings. The van der Waals surface area contributed by atoms with Crippen molar-refractivity contribution >= 4 is 17.3 Å². The molecule has 0 aromatic heterocycles. The van der Waals surface area contributed by atoms with E-state index in [2.05, 4.69) is 15.8 Å². The van der Waals surface area contributed by atoms with Gasteiger partial charge in [-0.1, -0.05) is 19.1 Å². The van der Waals surface area contributed by atoms with Crippen molar-refractivity contribution in [1.29, 1.82) is 0 Å². The Morgan fingerprint density at radius 2 is 1.79 bits per heavy atom. The molecule has 0 radical (unpaired) electrons. The lowest BCUT2D eigenvalue weighted by atomic mass is 10.1. The Morgan fingerprint density at radius 1 is 1.12 bits per heavy atom. The molecule has 0 aliphatic carbocycles. The molecule has 2 aromatic carbocycles. The highest BCUT2D eigenvalue weighted by molar-refractivity contribution is 6.01. The van der Waals surface area contributed by atoms with Crippen LogP contribution >= 0.6 is 0 Å². The maximum atomic E-state index is 13.0. The highest BCUT2D eigenvalue weighted by atomic mass is 19.1. The van der Waals surface area contributed by atoms with Gasteiger partial charge in [0.05, 0.1) is 19.4 Å². The van der Waals surface area contributed by atoms with E-state index in [1.807, 2.05) is 31.2 Å². The molecule has 0 bridgehead atoms. The van der Waals surface area contributed by atoms with Crippen molar-refractivity contribution in [3.63, 3.8) is 0 Å². The standard InChI is InChI=1S/C18H20FN3O2/c1-3-17(13-4-6-14(19)7-5-13)21-22-18(23)12-20-15-8-10-16(24-2)11-9-15/h4-11,20H,3,12H2,1-2H3,(H,22,23)/b21-17-. The fourth-order valence-corrected chi connectivity index (χ4v) is 2.05. The number of nitrogens with zero attached hydrogens (tertiary/aromatic N) is 1. The van der Waals surface area contributed by atoms with Crippen LogP contribution in [0.2, 0.25) is 0 Å².